The molecule has 0 aromatic rings. The van der Waals surface area contributed by atoms with Crippen molar-refractivity contribution in [3.05, 3.63) is 12.2 Å². The third-order valence-electron chi connectivity index (χ3n) is 16.1. The highest BCUT2D eigenvalue weighted by molar-refractivity contribution is 5.80. The second-order valence-electron chi connectivity index (χ2n) is 23.2. The number of aliphatic hydroxyl groups excluding tert-OH is 7. The van der Waals surface area contributed by atoms with Crippen molar-refractivity contribution in [1.29, 1.82) is 0 Å². The number of aliphatic hydroxyl groups is 7. The number of nitrogens with one attached hydrogen (secondary N) is 1. The summed E-state index contributed by atoms with van der Waals surface area (Å²) < 4.78 is 11.2. The Kier molecular flexibility index (Phi) is 51.3. The predicted molar refractivity (Wildman–Crippen MR) is 312 cm³/mol. The van der Waals surface area contributed by atoms with Gasteiger partial charge in [0.2, 0.25) is 5.91 Å². The first kappa shape index (κ1) is 71.9. The summed E-state index contributed by atoms with van der Waals surface area (Å²) in [6, 6.07) is -1.17. The average Bonchev–Trinajstić information content (AvgIpc) is 3.41. The number of unbranched alkanes of at least 4 members (excludes halogenated alkanes) is 43. The maximum atomic E-state index is 13.2. The molecule has 9 atom stereocenters. The summed E-state index contributed by atoms with van der Waals surface area (Å²) in [4.78, 5) is 13.2. The summed E-state index contributed by atoms with van der Waals surface area (Å²) in [6.45, 7) is 3.51. The average molecular weight is 1070 g/mol. The molecule has 9 unspecified atom stereocenters. The zero-order valence-corrected chi connectivity index (χ0v) is 49.1. The van der Waals surface area contributed by atoms with E-state index in [1.54, 1.807) is 0 Å². The van der Waals surface area contributed by atoms with E-state index in [0.29, 0.717) is 19.3 Å². The molecule has 0 spiro atoms. The van der Waals surface area contributed by atoms with E-state index in [-0.39, 0.29) is 6.42 Å². The summed E-state index contributed by atoms with van der Waals surface area (Å²) >= 11 is 0. The minimum atomic E-state index is -1.66. The molecule has 0 radical (unpaired) electrons. The predicted octanol–water partition coefficient (Wildman–Crippen LogP) is 14.7. The number of hydrogen-bond acceptors (Lipinski definition) is 10. The molecule has 1 amide bonds. The molecule has 0 bridgehead atoms. The maximum Gasteiger partial charge on any atom is 0.249 e. The highest BCUT2D eigenvalue weighted by Crippen LogP contribution is 2.24. The van der Waals surface area contributed by atoms with Crippen LogP contribution in [0.2, 0.25) is 0 Å². The van der Waals surface area contributed by atoms with Crippen molar-refractivity contribution in [3.8, 4) is 0 Å². The molecule has 0 aromatic heterocycles. The third kappa shape index (κ3) is 41.5. The van der Waals surface area contributed by atoms with Gasteiger partial charge in [0.05, 0.1) is 25.4 Å². The van der Waals surface area contributed by atoms with Gasteiger partial charge < -0.3 is 50.5 Å². The molecular weight excluding hydrogens is 943 g/mol. The quantitative estimate of drug-likeness (QED) is 0.0215. The van der Waals surface area contributed by atoms with E-state index in [1.807, 2.05) is 0 Å². The number of allylic oxidation sites excluding steroid dienone is 2. The first-order valence-electron chi connectivity index (χ1n) is 32.6. The molecule has 75 heavy (non-hydrogen) atoms. The Morgan fingerprint density at radius 2 is 0.773 bits per heavy atom. The molecule has 1 aliphatic heterocycles. The highest BCUT2D eigenvalue weighted by Gasteiger charge is 2.44. The number of hydrogen-bond donors (Lipinski definition) is 8. The molecule has 8 N–H and O–H groups in total. The number of carbonyl (C=O) groups is 1. The minimum Gasteiger partial charge on any atom is -0.394 e. The van der Waals surface area contributed by atoms with Crippen LogP contribution in [0.15, 0.2) is 12.2 Å². The topological polar surface area (TPSA) is 189 Å². The van der Waals surface area contributed by atoms with Crippen molar-refractivity contribution >= 4 is 5.91 Å². The molecule has 11 heteroatoms. The molecule has 0 aliphatic carbocycles. The first-order chi connectivity index (χ1) is 36.7. The lowest BCUT2D eigenvalue weighted by Crippen LogP contribution is -2.60. The van der Waals surface area contributed by atoms with Gasteiger partial charge in [-0.05, 0) is 38.5 Å². The fraction of sp³-hybridized carbons (Fsp3) is 0.953. The van der Waals surface area contributed by atoms with Crippen LogP contribution in [0.5, 0.6) is 0 Å². The van der Waals surface area contributed by atoms with Crippen LogP contribution in [0.25, 0.3) is 0 Å². The Labute approximate surface area is 462 Å². The van der Waals surface area contributed by atoms with Gasteiger partial charge in [-0.1, -0.05) is 296 Å². The fourth-order valence-electron chi connectivity index (χ4n) is 10.8. The Hall–Kier alpha value is -1.15. The zero-order chi connectivity index (χ0) is 54.7. The van der Waals surface area contributed by atoms with Gasteiger partial charge in [0, 0.05) is 0 Å². The van der Waals surface area contributed by atoms with Crippen molar-refractivity contribution in [3.63, 3.8) is 0 Å². The number of ether oxygens (including phenoxy) is 2. The van der Waals surface area contributed by atoms with Gasteiger partial charge in [-0.15, -0.1) is 0 Å². The monoisotopic (exact) mass is 1070 g/mol. The lowest BCUT2D eigenvalue weighted by Gasteiger charge is -2.40. The van der Waals surface area contributed by atoms with Gasteiger partial charge in [0.15, 0.2) is 6.29 Å². The van der Waals surface area contributed by atoms with E-state index in [0.717, 1.165) is 51.4 Å². The van der Waals surface area contributed by atoms with Crippen LogP contribution >= 0.6 is 0 Å². The summed E-state index contributed by atoms with van der Waals surface area (Å²) in [5, 5.41) is 76.4. The van der Waals surface area contributed by atoms with Crippen molar-refractivity contribution in [2.45, 2.75) is 377 Å². The number of carbonyl (C=O) groups excluding carboxylic acids is 1. The second-order valence-corrected chi connectivity index (χ2v) is 23.2. The van der Waals surface area contributed by atoms with Gasteiger partial charge >= 0.3 is 0 Å². The van der Waals surface area contributed by atoms with Crippen molar-refractivity contribution in [2.24, 2.45) is 0 Å². The van der Waals surface area contributed by atoms with E-state index < -0.39 is 74.2 Å². The van der Waals surface area contributed by atoms with Crippen molar-refractivity contribution < 1.29 is 50.0 Å². The van der Waals surface area contributed by atoms with Crippen LogP contribution in [-0.2, 0) is 14.3 Å². The summed E-state index contributed by atoms with van der Waals surface area (Å²) in [5.74, 6) is -0.695. The standard InChI is InChI=1S/C64H125NO10/c1-3-5-7-9-11-13-15-17-19-21-23-25-26-27-28-29-30-32-33-35-37-39-41-43-45-47-49-51-56(67)59(69)55(54-74-64-62(72)61(71)60(70)58(53-66)75-64)65-63(73)57(68)52-50-48-46-44-42-40-38-36-34-31-24-22-20-18-16-14-12-10-8-6-4-2/h34,36,55-62,64,66-72H,3-33,35,37-54H2,1-2H3,(H,65,73)/b36-34-. The highest BCUT2D eigenvalue weighted by atomic mass is 16.7. The van der Waals surface area contributed by atoms with Gasteiger partial charge in [0.1, 0.15) is 36.6 Å². The molecule has 11 nitrogen and oxygen atoms in total. The largest absolute Gasteiger partial charge is 0.394 e. The normalized spacial score (nSPS) is 19.7. The van der Waals surface area contributed by atoms with E-state index in [9.17, 15) is 40.5 Å². The van der Waals surface area contributed by atoms with Gasteiger partial charge in [0.25, 0.3) is 0 Å². The lowest BCUT2D eigenvalue weighted by atomic mass is 9.98. The Balaban J connectivity index is 2.24. The van der Waals surface area contributed by atoms with Crippen molar-refractivity contribution in [2.75, 3.05) is 13.2 Å². The van der Waals surface area contributed by atoms with E-state index in [1.165, 1.54) is 231 Å². The summed E-state index contributed by atoms with van der Waals surface area (Å²) in [5.41, 5.74) is 0. The first-order valence-corrected chi connectivity index (χ1v) is 32.6. The summed E-state index contributed by atoms with van der Waals surface area (Å²) in [7, 11) is 0. The lowest BCUT2D eigenvalue weighted by molar-refractivity contribution is -0.303. The van der Waals surface area contributed by atoms with Crippen LogP contribution in [0.1, 0.15) is 322 Å². The van der Waals surface area contributed by atoms with Crippen LogP contribution in [0.4, 0.5) is 0 Å². The van der Waals surface area contributed by atoms with E-state index in [4.69, 9.17) is 9.47 Å². The minimum absolute atomic E-state index is 0.256. The van der Waals surface area contributed by atoms with Crippen LogP contribution in [0.3, 0.4) is 0 Å². The smallest absolute Gasteiger partial charge is 0.249 e. The molecule has 1 heterocycles. The van der Waals surface area contributed by atoms with Gasteiger partial charge in [-0.25, -0.2) is 0 Å². The van der Waals surface area contributed by atoms with Gasteiger partial charge in [-0.3, -0.25) is 4.79 Å². The number of rotatable bonds is 57. The molecule has 1 fully saturated rings. The Morgan fingerprint density at radius 1 is 0.453 bits per heavy atom. The maximum absolute atomic E-state index is 13.2. The number of amides is 1. The third-order valence-corrected chi connectivity index (χ3v) is 16.1. The molecule has 446 valence electrons. The molecule has 0 aromatic carbocycles. The Morgan fingerprint density at radius 3 is 1.12 bits per heavy atom. The molecule has 1 rings (SSSR count). The van der Waals surface area contributed by atoms with Crippen LogP contribution in [-0.4, -0.2) is 110 Å². The Bertz CT molecular complexity index is 1220. The van der Waals surface area contributed by atoms with Gasteiger partial charge in [-0.2, -0.15) is 0 Å². The fourth-order valence-corrected chi connectivity index (χ4v) is 10.8. The molecule has 0 saturated carbocycles. The van der Waals surface area contributed by atoms with E-state index in [2.05, 4.69) is 31.3 Å². The molecule has 1 saturated heterocycles. The molecule has 1 aliphatic rings. The molecular formula is C64H125NO10. The zero-order valence-electron chi connectivity index (χ0n) is 49.1. The van der Waals surface area contributed by atoms with Crippen LogP contribution < -0.4 is 5.32 Å². The SMILES string of the molecule is CCCCCCCCCCCCC/C=C\CCCCCCCCC(O)C(=O)NC(COC1OC(CO)C(O)C(O)C1O)C(O)C(O)CCCCCCCCCCCCCCCCCCCCCCCCCCCCC. The van der Waals surface area contributed by atoms with Crippen LogP contribution in [0, 0.1) is 0 Å². The second kappa shape index (κ2) is 53.5. The van der Waals surface area contributed by atoms with E-state index >= 15 is 0 Å². The van der Waals surface area contributed by atoms with Crippen molar-refractivity contribution in [1.82, 2.24) is 5.32 Å². The summed E-state index contributed by atoms with van der Waals surface area (Å²) in [6.07, 6.45) is 52.7.